The molecule has 2 aromatic rings. The van der Waals surface area contributed by atoms with Crippen LogP contribution in [0.4, 0.5) is 0 Å². The average molecular weight is 255 g/mol. The Morgan fingerprint density at radius 1 is 0.842 bits per heavy atom. The van der Waals surface area contributed by atoms with Crippen molar-refractivity contribution < 1.29 is 9.47 Å². The van der Waals surface area contributed by atoms with Crippen molar-refractivity contribution in [1.82, 2.24) is 5.32 Å². The molecule has 1 aliphatic heterocycles. The van der Waals surface area contributed by atoms with E-state index in [1.54, 1.807) is 0 Å². The van der Waals surface area contributed by atoms with E-state index in [9.17, 15) is 0 Å². The summed E-state index contributed by atoms with van der Waals surface area (Å²) in [6.07, 6.45) is 0. The zero-order valence-corrected chi connectivity index (χ0v) is 10.7. The van der Waals surface area contributed by atoms with Crippen molar-refractivity contribution in [1.29, 1.82) is 0 Å². The lowest BCUT2D eigenvalue weighted by molar-refractivity contribution is 0.199. The van der Waals surface area contributed by atoms with Gasteiger partial charge in [-0.05, 0) is 36.4 Å². The highest BCUT2D eigenvalue weighted by Crippen LogP contribution is 2.23. The fourth-order valence-electron chi connectivity index (χ4n) is 1.91. The fourth-order valence-corrected chi connectivity index (χ4v) is 1.91. The summed E-state index contributed by atoms with van der Waals surface area (Å²) in [5.74, 6) is 3.22. The molecule has 3 nitrogen and oxygen atoms in total. The topological polar surface area (TPSA) is 30.5 Å². The van der Waals surface area contributed by atoms with Crippen molar-refractivity contribution in [3.8, 4) is 17.2 Å². The molecule has 98 valence electrons. The molecule has 0 amide bonds. The van der Waals surface area contributed by atoms with Crippen molar-refractivity contribution in [3.63, 3.8) is 0 Å². The highest BCUT2D eigenvalue weighted by molar-refractivity contribution is 5.35. The van der Waals surface area contributed by atoms with E-state index in [4.69, 9.17) is 9.47 Å². The molecule has 1 saturated heterocycles. The fraction of sp³-hybridized carbons (Fsp3) is 0.250. The third-order valence-electron chi connectivity index (χ3n) is 3.15. The smallest absolute Gasteiger partial charge is 0.127 e. The molecule has 1 N–H and O–H groups in total. The lowest BCUT2D eigenvalue weighted by Crippen LogP contribution is -2.45. The molecular formula is C16H17NO2. The third-order valence-corrected chi connectivity index (χ3v) is 3.15. The van der Waals surface area contributed by atoms with E-state index in [0.717, 1.165) is 36.9 Å². The molecule has 0 radical (unpaired) electrons. The van der Waals surface area contributed by atoms with Gasteiger partial charge in [-0.15, -0.1) is 0 Å². The molecular weight excluding hydrogens is 238 g/mol. The number of benzene rings is 2. The first-order valence-corrected chi connectivity index (χ1v) is 6.56. The molecule has 3 heteroatoms. The molecule has 3 rings (SSSR count). The van der Waals surface area contributed by atoms with Gasteiger partial charge in [0.25, 0.3) is 0 Å². The summed E-state index contributed by atoms with van der Waals surface area (Å²) in [6.45, 7) is 2.91. The second kappa shape index (κ2) is 5.76. The van der Waals surface area contributed by atoms with Crippen LogP contribution in [0.2, 0.25) is 0 Å². The van der Waals surface area contributed by atoms with E-state index in [2.05, 4.69) is 5.32 Å². The SMILES string of the molecule is c1ccc(Oc2ccc(OCC3CNC3)cc2)cc1. The van der Waals surface area contributed by atoms with Crippen LogP contribution in [0.3, 0.4) is 0 Å². The zero-order valence-electron chi connectivity index (χ0n) is 10.7. The van der Waals surface area contributed by atoms with Crippen LogP contribution in [0.25, 0.3) is 0 Å². The molecule has 0 aromatic heterocycles. The van der Waals surface area contributed by atoms with Crippen LogP contribution in [0, 0.1) is 5.92 Å². The van der Waals surface area contributed by atoms with Gasteiger partial charge in [-0.25, -0.2) is 0 Å². The maximum absolute atomic E-state index is 5.73. The normalized spacial score (nSPS) is 14.7. The number of nitrogens with one attached hydrogen (secondary N) is 1. The Morgan fingerprint density at radius 2 is 1.47 bits per heavy atom. The van der Waals surface area contributed by atoms with Crippen LogP contribution in [0.15, 0.2) is 54.6 Å². The summed E-state index contributed by atoms with van der Waals surface area (Å²) in [7, 11) is 0. The first kappa shape index (κ1) is 12.1. The molecule has 0 unspecified atom stereocenters. The summed E-state index contributed by atoms with van der Waals surface area (Å²) in [5.41, 5.74) is 0. The Labute approximate surface area is 113 Å². The van der Waals surface area contributed by atoms with Gasteiger partial charge in [0.15, 0.2) is 0 Å². The van der Waals surface area contributed by atoms with E-state index in [-0.39, 0.29) is 0 Å². The minimum absolute atomic E-state index is 0.653. The Bertz CT molecular complexity index is 506. The van der Waals surface area contributed by atoms with Gasteiger partial charge < -0.3 is 14.8 Å². The van der Waals surface area contributed by atoms with E-state index in [1.807, 2.05) is 54.6 Å². The quantitative estimate of drug-likeness (QED) is 0.890. The lowest BCUT2D eigenvalue weighted by Gasteiger charge is -2.26. The minimum Gasteiger partial charge on any atom is -0.493 e. The third kappa shape index (κ3) is 3.26. The van der Waals surface area contributed by atoms with Gasteiger partial charge in [-0.3, -0.25) is 0 Å². The minimum atomic E-state index is 0.653. The number of hydrogen-bond donors (Lipinski definition) is 1. The van der Waals surface area contributed by atoms with Crippen LogP contribution in [0.1, 0.15) is 0 Å². The molecule has 2 aromatic carbocycles. The first-order valence-electron chi connectivity index (χ1n) is 6.56. The molecule has 1 aliphatic rings. The van der Waals surface area contributed by atoms with Gasteiger partial charge in [0.1, 0.15) is 17.2 Å². The molecule has 19 heavy (non-hydrogen) atoms. The van der Waals surface area contributed by atoms with E-state index >= 15 is 0 Å². The van der Waals surface area contributed by atoms with Crippen molar-refractivity contribution in [3.05, 3.63) is 54.6 Å². The summed E-state index contributed by atoms with van der Waals surface area (Å²) >= 11 is 0. The summed E-state index contributed by atoms with van der Waals surface area (Å²) in [6, 6.07) is 17.5. The number of rotatable bonds is 5. The molecule has 1 heterocycles. The van der Waals surface area contributed by atoms with Gasteiger partial charge >= 0.3 is 0 Å². The summed E-state index contributed by atoms with van der Waals surface area (Å²) in [5, 5.41) is 3.23. The van der Waals surface area contributed by atoms with E-state index in [0.29, 0.717) is 5.92 Å². The average Bonchev–Trinajstić information content (AvgIpc) is 2.40. The van der Waals surface area contributed by atoms with Crippen molar-refractivity contribution in [2.75, 3.05) is 19.7 Å². The van der Waals surface area contributed by atoms with Gasteiger partial charge in [-0.2, -0.15) is 0 Å². The van der Waals surface area contributed by atoms with E-state index < -0.39 is 0 Å². The number of hydrogen-bond acceptors (Lipinski definition) is 3. The van der Waals surface area contributed by atoms with Crippen LogP contribution in [0.5, 0.6) is 17.2 Å². The van der Waals surface area contributed by atoms with Crippen molar-refractivity contribution >= 4 is 0 Å². The van der Waals surface area contributed by atoms with Crippen molar-refractivity contribution in [2.45, 2.75) is 0 Å². The lowest BCUT2D eigenvalue weighted by atomic mass is 10.1. The first-order chi connectivity index (χ1) is 9.40. The van der Waals surface area contributed by atoms with Gasteiger partial charge in [0.05, 0.1) is 6.61 Å². The molecule has 0 atom stereocenters. The molecule has 0 saturated carbocycles. The van der Waals surface area contributed by atoms with Gasteiger partial charge in [-0.1, -0.05) is 18.2 Å². The van der Waals surface area contributed by atoms with Gasteiger partial charge in [0.2, 0.25) is 0 Å². The van der Waals surface area contributed by atoms with Crippen LogP contribution in [-0.2, 0) is 0 Å². The number of para-hydroxylation sites is 1. The summed E-state index contributed by atoms with van der Waals surface area (Å²) in [4.78, 5) is 0. The Kier molecular flexibility index (Phi) is 3.65. The second-order valence-corrected chi connectivity index (χ2v) is 4.72. The Hall–Kier alpha value is -2.00. The van der Waals surface area contributed by atoms with Crippen LogP contribution in [-0.4, -0.2) is 19.7 Å². The summed E-state index contributed by atoms with van der Waals surface area (Å²) < 4.78 is 11.4. The zero-order chi connectivity index (χ0) is 12.9. The van der Waals surface area contributed by atoms with Crippen LogP contribution < -0.4 is 14.8 Å². The maximum atomic E-state index is 5.73. The number of ether oxygens (including phenoxy) is 2. The van der Waals surface area contributed by atoms with Crippen molar-refractivity contribution in [2.24, 2.45) is 5.92 Å². The highest BCUT2D eigenvalue weighted by atomic mass is 16.5. The van der Waals surface area contributed by atoms with Crippen LogP contribution >= 0.6 is 0 Å². The molecule has 0 spiro atoms. The standard InChI is InChI=1S/C16H17NO2/c1-2-4-15(5-3-1)19-16-8-6-14(7-9-16)18-12-13-10-17-11-13/h1-9,13,17H,10-12H2. The Balaban J connectivity index is 1.56. The second-order valence-electron chi connectivity index (χ2n) is 4.72. The predicted octanol–water partition coefficient (Wildman–Crippen LogP) is 3.08. The molecule has 1 fully saturated rings. The van der Waals surface area contributed by atoms with E-state index in [1.165, 1.54) is 0 Å². The molecule has 0 bridgehead atoms. The largest absolute Gasteiger partial charge is 0.493 e. The highest BCUT2D eigenvalue weighted by Gasteiger charge is 2.16. The predicted molar refractivity (Wildman–Crippen MR) is 74.8 cm³/mol. The molecule has 0 aliphatic carbocycles. The monoisotopic (exact) mass is 255 g/mol. The maximum Gasteiger partial charge on any atom is 0.127 e. The Morgan fingerprint density at radius 3 is 2.11 bits per heavy atom. The van der Waals surface area contributed by atoms with Gasteiger partial charge in [0, 0.05) is 19.0 Å².